The monoisotopic (exact) mass is 544 g/mol. The molecule has 0 radical (unpaired) electrons. The number of aromatic nitrogens is 1. The number of amides is 1. The zero-order valence-electron chi connectivity index (χ0n) is 18.7. The van der Waals surface area contributed by atoms with Gasteiger partial charge in [-0.05, 0) is 54.1 Å². The Labute approximate surface area is 214 Å². The van der Waals surface area contributed by atoms with Crippen molar-refractivity contribution in [1.82, 2.24) is 0 Å². The fourth-order valence-corrected chi connectivity index (χ4v) is 3.78. The number of anilines is 2. The van der Waals surface area contributed by atoms with E-state index in [1.165, 1.54) is 18.2 Å². The molecule has 4 N–H and O–H groups in total. The molecule has 0 aliphatic heterocycles. The van der Waals surface area contributed by atoms with Crippen molar-refractivity contribution in [2.24, 2.45) is 0 Å². The van der Waals surface area contributed by atoms with Gasteiger partial charge in [0.2, 0.25) is 0 Å². The van der Waals surface area contributed by atoms with E-state index in [0.717, 1.165) is 21.3 Å². The number of carbonyl (C=O) groups excluding carboxylic acids is 1. The number of hydrogen-bond acceptors (Lipinski definition) is 6. The van der Waals surface area contributed by atoms with Crippen LogP contribution >= 0.6 is 15.9 Å². The Balaban J connectivity index is 1.49. The number of nitrogen functional groups attached to an aromatic ring is 1. The van der Waals surface area contributed by atoms with Gasteiger partial charge in [-0.3, -0.25) is 20.6 Å². The first kappa shape index (κ1) is 24.4. The highest BCUT2D eigenvalue weighted by Gasteiger charge is 2.17. The summed E-state index contributed by atoms with van der Waals surface area (Å²) in [5, 5.41) is 23.1. The number of pyridine rings is 1. The van der Waals surface area contributed by atoms with Crippen molar-refractivity contribution in [2.75, 3.05) is 17.7 Å². The summed E-state index contributed by atoms with van der Waals surface area (Å²) < 4.78 is 6.49. The van der Waals surface area contributed by atoms with Crippen LogP contribution in [0.4, 0.5) is 17.2 Å². The molecule has 178 valence electrons. The Morgan fingerprint density at radius 2 is 1.78 bits per heavy atom. The van der Waals surface area contributed by atoms with E-state index < -0.39 is 10.8 Å². The minimum Gasteiger partial charge on any atom is -0.484 e. The number of benzene rings is 3. The maximum absolute atomic E-state index is 12.2. The Kier molecular flexibility index (Phi) is 7.23. The van der Waals surface area contributed by atoms with Crippen LogP contribution in [0.5, 0.6) is 5.75 Å². The number of nitro benzene ring substituents is 1. The molecule has 3 aromatic carbocycles. The number of nitriles is 1. The fraction of sp³-hybridized carbons (Fsp3) is 0.0385. The lowest BCUT2D eigenvalue weighted by atomic mass is 9.98. The molecule has 36 heavy (non-hydrogen) atoms. The first-order valence-corrected chi connectivity index (χ1v) is 11.4. The summed E-state index contributed by atoms with van der Waals surface area (Å²) in [6.07, 6.45) is 0. The number of non-ortho nitro benzene ring substituents is 1. The van der Waals surface area contributed by atoms with Gasteiger partial charge in [0.15, 0.2) is 6.61 Å². The van der Waals surface area contributed by atoms with E-state index >= 15 is 0 Å². The van der Waals surface area contributed by atoms with E-state index in [1.54, 1.807) is 30.3 Å². The molecule has 0 aliphatic rings. The molecule has 0 atom stereocenters. The van der Waals surface area contributed by atoms with Crippen LogP contribution < -0.4 is 20.8 Å². The van der Waals surface area contributed by atoms with Crippen molar-refractivity contribution in [3.05, 3.63) is 99.0 Å². The van der Waals surface area contributed by atoms with Gasteiger partial charge in [0.25, 0.3) is 17.4 Å². The Hall–Kier alpha value is -4.75. The Morgan fingerprint density at radius 1 is 1.08 bits per heavy atom. The molecule has 0 saturated heterocycles. The van der Waals surface area contributed by atoms with Gasteiger partial charge >= 0.3 is 0 Å². The van der Waals surface area contributed by atoms with E-state index in [9.17, 15) is 20.2 Å². The lowest BCUT2D eigenvalue weighted by Gasteiger charge is -2.10. The molecular formula is C26H19BrN5O4+. The van der Waals surface area contributed by atoms with Gasteiger partial charge < -0.3 is 10.1 Å². The first-order valence-electron chi connectivity index (χ1n) is 10.6. The molecule has 0 spiro atoms. The number of rotatable bonds is 7. The van der Waals surface area contributed by atoms with E-state index in [1.807, 2.05) is 30.3 Å². The molecular weight excluding hydrogens is 526 g/mol. The molecule has 4 rings (SSSR count). The number of nitrogens with zero attached hydrogens (tertiary/aromatic N) is 2. The summed E-state index contributed by atoms with van der Waals surface area (Å²) in [7, 11) is 0. The van der Waals surface area contributed by atoms with Crippen molar-refractivity contribution in [1.29, 1.82) is 5.26 Å². The second-order valence-corrected chi connectivity index (χ2v) is 8.59. The van der Waals surface area contributed by atoms with Crippen molar-refractivity contribution < 1.29 is 19.4 Å². The lowest BCUT2D eigenvalue weighted by Crippen LogP contribution is -2.20. The Bertz CT molecular complexity index is 1480. The second-order valence-electron chi connectivity index (χ2n) is 7.67. The molecule has 0 bridgehead atoms. The van der Waals surface area contributed by atoms with Crippen LogP contribution in [0.1, 0.15) is 5.56 Å². The minimum absolute atomic E-state index is 0.122. The zero-order valence-corrected chi connectivity index (χ0v) is 20.3. The second kappa shape index (κ2) is 10.7. The maximum atomic E-state index is 12.2. The third-order valence-corrected chi connectivity index (χ3v) is 5.77. The van der Waals surface area contributed by atoms with Crippen molar-refractivity contribution in [3.8, 4) is 34.2 Å². The van der Waals surface area contributed by atoms with Gasteiger partial charge in [0, 0.05) is 33.4 Å². The van der Waals surface area contributed by atoms with Gasteiger partial charge in [-0.25, -0.2) is 4.98 Å². The number of ether oxygens (including phenoxy) is 1. The van der Waals surface area contributed by atoms with E-state index in [-0.39, 0.29) is 18.1 Å². The van der Waals surface area contributed by atoms with Crippen LogP contribution in [0.3, 0.4) is 0 Å². The number of carbonyl (C=O) groups is 1. The minimum atomic E-state index is -0.536. The molecule has 0 unspecified atom stereocenters. The largest absolute Gasteiger partial charge is 0.484 e. The highest BCUT2D eigenvalue weighted by atomic mass is 79.9. The third-order valence-electron chi connectivity index (χ3n) is 5.24. The average molecular weight is 545 g/mol. The smallest absolute Gasteiger partial charge is 0.289 e. The molecule has 4 aromatic rings. The normalized spacial score (nSPS) is 10.3. The number of aromatic amines is 1. The molecule has 1 heterocycles. The molecule has 1 aromatic heterocycles. The van der Waals surface area contributed by atoms with Gasteiger partial charge in [-0.2, -0.15) is 5.26 Å². The molecule has 9 nitrogen and oxygen atoms in total. The maximum Gasteiger partial charge on any atom is 0.289 e. The molecule has 0 saturated carbocycles. The topological polar surface area (TPSA) is 145 Å². The summed E-state index contributed by atoms with van der Waals surface area (Å²) in [6.45, 7) is -0.285. The summed E-state index contributed by atoms with van der Waals surface area (Å²) in [4.78, 5) is 25.6. The zero-order chi connectivity index (χ0) is 25.7. The molecule has 0 fully saturated rings. The van der Waals surface area contributed by atoms with Crippen molar-refractivity contribution in [2.45, 2.75) is 0 Å². The Morgan fingerprint density at radius 3 is 2.44 bits per heavy atom. The van der Waals surface area contributed by atoms with Crippen LogP contribution in [-0.2, 0) is 4.79 Å². The molecule has 10 heteroatoms. The lowest BCUT2D eigenvalue weighted by molar-refractivity contribution is -0.384. The van der Waals surface area contributed by atoms with E-state index in [2.05, 4.69) is 32.3 Å². The quantitative estimate of drug-likeness (QED) is 0.248. The summed E-state index contributed by atoms with van der Waals surface area (Å²) in [5.41, 5.74) is 9.71. The summed E-state index contributed by atoms with van der Waals surface area (Å²) in [5.74, 6) is 0.234. The van der Waals surface area contributed by atoms with Crippen molar-refractivity contribution >= 4 is 39.0 Å². The number of nitrogens with one attached hydrogen (secondary N) is 2. The third kappa shape index (κ3) is 5.65. The predicted molar refractivity (Wildman–Crippen MR) is 138 cm³/mol. The van der Waals surface area contributed by atoms with Crippen LogP contribution in [0.15, 0.2) is 83.3 Å². The van der Waals surface area contributed by atoms with Crippen molar-refractivity contribution in [3.63, 3.8) is 0 Å². The van der Waals surface area contributed by atoms with Gasteiger partial charge in [-0.15, -0.1) is 0 Å². The molecule has 1 amide bonds. The van der Waals surface area contributed by atoms with Crippen LogP contribution in [0, 0.1) is 21.4 Å². The van der Waals surface area contributed by atoms with E-state index in [4.69, 9.17) is 10.5 Å². The van der Waals surface area contributed by atoms with Crippen LogP contribution in [0.25, 0.3) is 22.4 Å². The first-order chi connectivity index (χ1) is 17.3. The number of halogens is 1. The van der Waals surface area contributed by atoms with Gasteiger partial charge in [-0.1, -0.05) is 34.1 Å². The summed E-state index contributed by atoms with van der Waals surface area (Å²) >= 11 is 3.42. The SMILES string of the molecule is N#Cc1c(-c2ccc(OCC(=O)Nc3cccc([N+](=O)[O-])c3)cc2)cc(-c2ccc(Br)cc2)[nH+]c1N. The van der Waals surface area contributed by atoms with E-state index in [0.29, 0.717) is 22.6 Å². The fourth-order valence-electron chi connectivity index (χ4n) is 3.51. The summed E-state index contributed by atoms with van der Waals surface area (Å²) in [6, 6.07) is 24.3. The van der Waals surface area contributed by atoms with Crippen LogP contribution in [0.2, 0.25) is 0 Å². The van der Waals surface area contributed by atoms with Gasteiger partial charge in [0.1, 0.15) is 23.1 Å². The van der Waals surface area contributed by atoms with Gasteiger partial charge in [0.05, 0.1) is 4.92 Å². The number of H-pyrrole nitrogens is 1. The number of hydrogen-bond donors (Lipinski definition) is 2. The number of nitrogens with two attached hydrogens (primary N) is 1. The average Bonchev–Trinajstić information content (AvgIpc) is 2.88. The predicted octanol–water partition coefficient (Wildman–Crippen LogP) is 4.98. The molecule has 0 aliphatic carbocycles. The number of nitro groups is 1. The highest BCUT2D eigenvalue weighted by molar-refractivity contribution is 9.10. The highest BCUT2D eigenvalue weighted by Crippen LogP contribution is 2.30. The van der Waals surface area contributed by atoms with Crippen LogP contribution in [-0.4, -0.2) is 17.4 Å². The standard InChI is InChI=1S/C26H18BrN5O4/c27-18-8-4-17(5-9-18)24-13-22(23(14-28)26(29)31-24)16-6-10-21(11-7-16)36-15-25(33)30-19-2-1-3-20(12-19)32(34)35/h1-13H,15H2,(H2,29,31)(H,30,33)/p+1.